The molecule has 0 radical (unpaired) electrons. The van der Waals surface area contributed by atoms with Crippen molar-refractivity contribution in [2.75, 3.05) is 19.5 Å². The van der Waals surface area contributed by atoms with Gasteiger partial charge in [-0.25, -0.2) is 0 Å². The van der Waals surface area contributed by atoms with Gasteiger partial charge in [-0.05, 0) is 29.8 Å². The molecule has 1 heterocycles. The maximum absolute atomic E-state index is 12.7. The number of rotatable bonds is 5. The van der Waals surface area contributed by atoms with E-state index in [1.54, 1.807) is 32.4 Å². The van der Waals surface area contributed by atoms with E-state index < -0.39 is 5.92 Å². The van der Waals surface area contributed by atoms with Gasteiger partial charge in [-0.2, -0.15) is 0 Å². The predicted octanol–water partition coefficient (Wildman–Crippen LogP) is 2.45. The minimum absolute atomic E-state index is 0.137. The van der Waals surface area contributed by atoms with Crippen LogP contribution in [0.4, 0.5) is 5.69 Å². The SMILES string of the molecule is COc1ccc(OC)c(CNC(=O)C2CC(=O)Nc3ccccc32)c1. The van der Waals surface area contributed by atoms with Crippen molar-refractivity contribution in [1.29, 1.82) is 0 Å². The maximum atomic E-state index is 12.7. The maximum Gasteiger partial charge on any atom is 0.228 e. The minimum atomic E-state index is -0.499. The van der Waals surface area contributed by atoms with Crippen LogP contribution in [-0.2, 0) is 16.1 Å². The number of fused-ring (bicyclic) bond motifs is 1. The van der Waals surface area contributed by atoms with Gasteiger partial charge in [0.2, 0.25) is 11.8 Å². The van der Waals surface area contributed by atoms with Crippen molar-refractivity contribution < 1.29 is 19.1 Å². The van der Waals surface area contributed by atoms with Crippen molar-refractivity contribution >= 4 is 17.5 Å². The van der Waals surface area contributed by atoms with Crippen molar-refractivity contribution in [1.82, 2.24) is 5.32 Å². The summed E-state index contributed by atoms with van der Waals surface area (Å²) in [6.45, 7) is 0.291. The average Bonchev–Trinajstić information content (AvgIpc) is 2.65. The molecule has 6 heteroatoms. The van der Waals surface area contributed by atoms with E-state index in [9.17, 15) is 9.59 Å². The summed E-state index contributed by atoms with van der Waals surface area (Å²) in [7, 11) is 3.16. The standard InChI is InChI=1S/C19H20N2O4/c1-24-13-7-8-17(25-2)12(9-13)11-20-19(23)15-10-18(22)21-16-6-4-3-5-14(15)16/h3-9,15H,10-11H2,1-2H3,(H,20,23)(H,21,22). The van der Waals surface area contributed by atoms with E-state index >= 15 is 0 Å². The minimum Gasteiger partial charge on any atom is -0.497 e. The molecule has 25 heavy (non-hydrogen) atoms. The van der Waals surface area contributed by atoms with E-state index in [4.69, 9.17) is 9.47 Å². The Hall–Kier alpha value is -3.02. The number of nitrogens with one attached hydrogen (secondary N) is 2. The lowest BCUT2D eigenvalue weighted by Crippen LogP contribution is -2.34. The highest BCUT2D eigenvalue weighted by molar-refractivity contribution is 6.01. The molecule has 0 saturated heterocycles. The van der Waals surface area contributed by atoms with Crippen LogP contribution in [0.3, 0.4) is 0 Å². The molecule has 0 spiro atoms. The van der Waals surface area contributed by atoms with Gasteiger partial charge in [0, 0.05) is 24.2 Å². The van der Waals surface area contributed by atoms with Gasteiger partial charge in [-0.3, -0.25) is 9.59 Å². The molecule has 0 fully saturated rings. The van der Waals surface area contributed by atoms with Crippen LogP contribution in [-0.4, -0.2) is 26.0 Å². The number of carbonyl (C=O) groups is 2. The average molecular weight is 340 g/mol. The number of carbonyl (C=O) groups excluding carboxylic acids is 2. The van der Waals surface area contributed by atoms with Crippen LogP contribution < -0.4 is 20.1 Å². The second kappa shape index (κ2) is 7.25. The van der Waals surface area contributed by atoms with Gasteiger partial charge in [-0.1, -0.05) is 18.2 Å². The Bertz CT molecular complexity index is 804. The summed E-state index contributed by atoms with van der Waals surface area (Å²) >= 11 is 0. The number of amides is 2. The van der Waals surface area contributed by atoms with Crippen molar-refractivity contribution in [3.8, 4) is 11.5 Å². The summed E-state index contributed by atoms with van der Waals surface area (Å²) in [5, 5.41) is 5.70. The van der Waals surface area contributed by atoms with Crippen LogP contribution in [0.1, 0.15) is 23.5 Å². The number of ether oxygens (including phenoxy) is 2. The fraction of sp³-hybridized carbons (Fsp3) is 0.263. The lowest BCUT2D eigenvalue weighted by atomic mass is 9.90. The summed E-state index contributed by atoms with van der Waals surface area (Å²) in [5.74, 6) is 0.516. The molecule has 6 nitrogen and oxygen atoms in total. The first-order valence-corrected chi connectivity index (χ1v) is 7.99. The number of hydrogen-bond donors (Lipinski definition) is 2. The first-order chi connectivity index (χ1) is 12.1. The molecule has 2 amide bonds. The Morgan fingerprint density at radius 1 is 1.20 bits per heavy atom. The second-order valence-corrected chi connectivity index (χ2v) is 5.79. The molecule has 0 bridgehead atoms. The molecule has 0 aliphatic carbocycles. The number of hydrogen-bond acceptors (Lipinski definition) is 4. The summed E-state index contributed by atoms with van der Waals surface area (Å²) in [6, 6.07) is 12.8. The van der Waals surface area contributed by atoms with Gasteiger partial charge in [0.15, 0.2) is 0 Å². The van der Waals surface area contributed by atoms with Crippen LogP contribution in [0.5, 0.6) is 11.5 Å². The third-order valence-corrected chi connectivity index (χ3v) is 4.26. The number of methoxy groups -OCH3 is 2. The first kappa shape index (κ1) is 16.8. The van der Waals surface area contributed by atoms with E-state index in [1.807, 2.05) is 24.3 Å². The number of benzene rings is 2. The molecule has 1 atom stereocenters. The quantitative estimate of drug-likeness (QED) is 0.876. The first-order valence-electron chi connectivity index (χ1n) is 7.99. The molecule has 3 rings (SSSR count). The molecule has 1 aliphatic heterocycles. The summed E-state index contributed by atoms with van der Waals surface area (Å²) in [6.07, 6.45) is 0.137. The molecular formula is C19H20N2O4. The third kappa shape index (κ3) is 3.57. The van der Waals surface area contributed by atoms with Crippen molar-refractivity contribution in [2.24, 2.45) is 0 Å². The van der Waals surface area contributed by atoms with Crippen LogP contribution in [0.15, 0.2) is 42.5 Å². The lowest BCUT2D eigenvalue weighted by molar-refractivity contribution is -0.126. The molecule has 0 saturated carbocycles. The molecule has 0 aromatic heterocycles. The topological polar surface area (TPSA) is 76.7 Å². The van der Waals surface area contributed by atoms with Gasteiger partial charge >= 0.3 is 0 Å². The third-order valence-electron chi connectivity index (χ3n) is 4.26. The Balaban J connectivity index is 1.76. The molecule has 1 unspecified atom stereocenters. The highest BCUT2D eigenvalue weighted by atomic mass is 16.5. The van der Waals surface area contributed by atoms with E-state index in [-0.39, 0.29) is 18.2 Å². The van der Waals surface area contributed by atoms with Crippen molar-refractivity contribution in [3.05, 3.63) is 53.6 Å². The number of anilines is 1. The van der Waals surface area contributed by atoms with Gasteiger partial charge in [-0.15, -0.1) is 0 Å². The number of para-hydroxylation sites is 1. The van der Waals surface area contributed by atoms with E-state index in [2.05, 4.69) is 10.6 Å². The molecule has 2 N–H and O–H groups in total. The van der Waals surface area contributed by atoms with Crippen molar-refractivity contribution in [3.63, 3.8) is 0 Å². The van der Waals surface area contributed by atoms with Gasteiger partial charge < -0.3 is 20.1 Å². The molecule has 2 aromatic carbocycles. The highest BCUT2D eigenvalue weighted by Crippen LogP contribution is 2.32. The smallest absolute Gasteiger partial charge is 0.228 e. The summed E-state index contributed by atoms with van der Waals surface area (Å²) in [5.41, 5.74) is 2.33. The lowest BCUT2D eigenvalue weighted by Gasteiger charge is -2.25. The van der Waals surface area contributed by atoms with E-state index in [0.29, 0.717) is 23.7 Å². The van der Waals surface area contributed by atoms with Crippen LogP contribution in [0, 0.1) is 0 Å². The zero-order valence-corrected chi connectivity index (χ0v) is 14.2. The Morgan fingerprint density at radius 3 is 2.76 bits per heavy atom. The van der Waals surface area contributed by atoms with Gasteiger partial charge in [0.05, 0.1) is 20.1 Å². The molecule has 130 valence electrons. The fourth-order valence-electron chi connectivity index (χ4n) is 2.97. The zero-order valence-electron chi connectivity index (χ0n) is 14.2. The molecular weight excluding hydrogens is 320 g/mol. The van der Waals surface area contributed by atoms with Crippen molar-refractivity contribution in [2.45, 2.75) is 18.9 Å². The summed E-state index contributed by atoms with van der Waals surface area (Å²) in [4.78, 5) is 24.5. The zero-order chi connectivity index (χ0) is 17.8. The largest absolute Gasteiger partial charge is 0.497 e. The summed E-state index contributed by atoms with van der Waals surface area (Å²) < 4.78 is 10.5. The Kier molecular flexibility index (Phi) is 4.88. The van der Waals surface area contributed by atoms with Gasteiger partial charge in [0.25, 0.3) is 0 Å². The van der Waals surface area contributed by atoms with E-state index in [1.165, 1.54) is 0 Å². The molecule has 1 aliphatic rings. The van der Waals surface area contributed by atoms with Crippen LogP contribution in [0.2, 0.25) is 0 Å². The van der Waals surface area contributed by atoms with Crippen LogP contribution in [0.25, 0.3) is 0 Å². The van der Waals surface area contributed by atoms with Gasteiger partial charge in [0.1, 0.15) is 11.5 Å². The predicted molar refractivity (Wildman–Crippen MR) is 93.8 cm³/mol. The fourth-order valence-corrected chi connectivity index (χ4v) is 2.97. The van der Waals surface area contributed by atoms with Crippen LogP contribution >= 0.6 is 0 Å². The normalized spacial score (nSPS) is 15.8. The Morgan fingerprint density at radius 2 is 2.00 bits per heavy atom. The van der Waals surface area contributed by atoms with E-state index in [0.717, 1.165) is 11.1 Å². The Labute approximate surface area is 146 Å². The monoisotopic (exact) mass is 340 g/mol. The highest BCUT2D eigenvalue weighted by Gasteiger charge is 2.30. The molecule has 2 aromatic rings. The second-order valence-electron chi connectivity index (χ2n) is 5.79.